The molecular weight excluding hydrogens is 501 g/mol. The molecule has 2 amide bonds. The lowest BCUT2D eigenvalue weighted by Gasteiger charge is -2.40. The maximum absolute atomic E-state index is 13.3. The summed E-state index contributed by atoms with van der Waals surface area (Å²) in [5.74, 6) is 0.276. The number of hydrogen-bond donors (Lipinski definition) is 0. The van der Waals surface area contributed by atoms with Gasteiger partial charge < -0.3 is 19.1 Å². The molecule has 2 aliphatic rings. The Bertz CT molecular complexity index is 1140. The smallest absolute Gasteiger partial charge is 0.384 e. The van der Waals surface area contributed by atoms with Crippen molar-refractivity contribution in [3.05, 3.63) is 47.1 Å². The Labute approximate surface area is 207 Å². The fourth-order valence-corrected chi connectivity index (χ4v) is 5.85. The summed E-state index contributed by atoms with van der Waals surface area (Å²) in [5, 5.41) is 3.99. The molecule has 2 aliphatic heterocycles. The Morgan fingerprint density at radius 3 is 2.42 bits per heavy atom. The van der Waals surface area contributed by atoms with Gasteiger partial charge >= 0.3 is 12.2 Å². The van der Waals surface area contributed by atoms with Crippen molar-refractivity contribution in [2.45, 2.75) is 37.3 Å². The summed E-state index contributed by atoms with van der Waals surface area (Å²) >= 11 is 0. The van der Waals surface area contributed by atoms with Crippen LogP contribution in [0.3, 0.4) is 0 Å². The molecule has 0 bridgehead atoms. The Morgan fingerprint density at radius 1 is 1.11 bits per heavy atom. The monoisotopic (exact) mass is 530 g/mol. The van der Waals surface area contributed by atoms with Crippen LogP contribution in [0.2, 0.25) is 0 Å². The molecule has 4 rings (SSSR count). The highest BCUT2D eigenvalue weighted by Crippen LogP contribution is 2.36. The predicted octanol–water partition coefficient (Wildman–Crippen LogP) is 2.79. The van der Waals surface area contributed by atoms with Crippen LogP contribution < -0.4 is 0 Å². The zero-order chi connectivity index (χ0) is 25.9. The van der Waals surface area contributed by atoms with Crippen LogP contribution >= 0.6 is 0 Å². The minimum absolute atomic E-state index is 0.0768. The Hall–Kier alpha value is -2.67. The fraction of sp³-hybridized carbons (Fsp3) is 0.609. The van der Waals surface area contributed by atoms with Crippen LogP contribution in [0.25, 0.3) is 0 Å². The van der Waals surface area contributed by atoms with Gasteiger partial charge in [0.1, 0.15) is 0 Å². The van der Waals surface area contributed by atoms with Gasteiger partial charge in [-0.25, -0.2) is 13.2 Å². The van der Waals surface area contributed by atoms with Crippen LogP contribution in [0.15, 0.2) is 28.8 Å². The minimum Gasteiger partial charge on any atom is -0.384 e. The molecule has 2 atom stereocenters. The van der Waals surface area contributed by atoms with Crippen LogP contribution in [0.5, 0.6) is 0 Å². The first kappa shape index (κ1) is 26.4. The van der Waals surface area contributed by atoms with Gasteiger partial charge in [-0.15, -0.1) is 0 Å². The second-order valence-electron chi connectivity index (χ2n) is 9.28. The number of carbonyl (C=O) groups excluding carboxylic acids is 1. The second-order valence-corrected chi connectivity index (χ2v) is 11.6. The van der Waals surface area contributed by atoms with Gasteiger partial charge in [-0.2, -0.15) is 18.2 Å². The fourth-order valence-electron chi connectivity index (χ4n) is 4.65. The molecule has 9 nitrogen and oxygen atoms in total. The van der Waals surface area contributed by atoms with E-state index < -0.39 is 22.4 Å². The number of carbonyl (C=O) groups is 1. The molecule has 0 aliphatic carbocycles. The van der Waals surface area contributed by atoms with Crippen molar-refractivity contribution < 1.29 is 35.6 Å². The molecule has 1 aromatic carbocycles. The predicted molar refractivity (Wildman–Crippen MR) is 123 cm³/mol. The zero-order valence-corrected chi connectivity index (χ0v) is 20.7. The first-order valence-electron chi connectivity index (χ1n) is 11.7. The van der Waals surface area contributed by atoms with Gasteiger partial charge in [0.2, 0.25) is 5.89 Å². The number of benzene rings is 1. The van der Waals surface area contributed by atoms with Crippen LogP contribution in [0.1, 0.15) is 41.1 Å². The molecular formula is C23H29F3N4O5S. The molecule has 36 heavy (non-hydrogen) atoms. The number of aromatic nitrogens is 2. The second kappa shape index (κ2) is 10.8. The van der Waals surface area contributed by atoms with E-state index in [1.165, 1.54) is 17.0 Å². The molecule has 2 unspecified atom stereocenters. The number of sulfone groups is 1. The van der Waals surface area contributed by atoms with Crippen LogP contribution in [-0.2, 0) is 27.4 Å². The van der Waals surface area contributed by atoms with Crippen LogP contribution in [0.4, 0.5) is 18.0 Å². The maximum Gasteiger partial charge on any atom is 0.393 e. The van der Waals surface area contributed by atoms with Gasteiger partial charge in [0.25, 0.3) is 0 Å². The Balaban J connectivity index is 1.54. The standard InChI is InChI=1S/C23H29F3N4O5S/c1-34-9-6-20-27-21(35-28-20)19-12-18(17-4-2-16(3-5-17)13-23(24,25)26)14-30(15-19)22(31)29-7-10-36(32,33)11-8-29/h2-5,18-19H,6-15H2,1H3. The summed E-state index contributed by atoms with van der Waals surface area (Å²) in [6.07, 6.45) is -4.25. The summed E-state index contributed by atoms with van der Waals surface area (Å²) in [7, 11) is -1.57. The van der Waals surface area contributed by atoms with Gasteiger partial charge in [-0.3, -0.25) is 0 Å². The number of urea groups is 1. The van der Waals surface area contributed by atoms with Crippen molar-refractivity contribution in [1.82, 2.24) is 19.9 Å². The summed E-state index contributed by atoms with van der Waals surface area (Å²) < 4.78 is 72.4. The molecule has 1 aromatic heterocycles. The third-order valence-corrected chi connectivity index (χ3v) is 8.16. The highest BCUT2D eigenvalue weighted by Gasteiger charge is 2.37. The molecule has 198 valence electrons. The highest BCUT2D eigenvalue weighted by molar-refractivity contribution is 7.91. The van der Waals surface area contributed by atoms with Crippen molar-refractivity contribution in [3.8, 4) is 0 Å². The van der Waals surface area contributed by atoms with Gasteiger partial charge in [-0.1, -0.05) is 29.4 Å². The van der Waals surface area contributed by atoms with Crippen LogP contribution in [-0.4, -0.2) is 92.0 Å². The molecule has 2 fully saturated rings. The summed E-state index contributed by atoms with van der Waals surface area (Å²) in [6.45, 7) is 1.35. The van der Waals surface area contributed by atoms with Crippen molar-refractivity contribution in [1.29, 1.82) is 0 Å². The van der Waals surface area contributed by atoms with Crippen molar-refractivity contribution in [3.63, 3.8) is 0 Å². The maximum atomic E-state index is 13.3. The number of ether oxygens (including phenoxy) is 1. The van der Waals surface area contributed by atoms with Crippen molar-refractivity contribution in [2.24, 2.45) is 0 Å². The number of nitrogens with zero attached hydrogens (tertiary/aromatic N) is 4. The molecule has 0 N–H and O–H groups in total. The molecule has 2 saturated heterocycles. The first-order valence-corrected chi connectivity index (χ1v) is 13.6. The van der Waals surface area contributed by atoms with E-state index in [0.717, 1.165) is 5.56 Å². The lowest BCUT2D eigenvalue weighted by molar-refractivity contribution is -0.127. The average molecular weight is 531 g/mol. The summed E-state index contributed by atoms with van der Waals surface area (Å²) in [4.78, 5) is 21.0. The lowest BCUT2D eigenvalue weighted by Crippen LogP contribution is -2.53. The quantitative estimate of drug-likeness (QED) is 0.566. The van der Waals surface area contributed by atoms with Gasteiger partial charge in [0.15, 0.2) is 15.7 Å². The number of amides is 2. The van der Waals surface area contributed by atoms with E-state index in [4.69, 9.17) is 9.26 Å². The number of likely N-dealkylation sites (tertiary alicyclic amines) is 1. The normalized spacial score (nSPS) is 22.6. The molecule has 0 saturated carbocycles. The number of methoxy groups -OCH3 is 1. The van der Waals surface area contributed by atoms with E-state index in [9.17, 15) is 26.4 Å². The number of piperidine rings is 1. The topological polar surface area (TPSA) is 106 Å². The SMILES string of the molecule is COCCc1noc(C2CC(c3ccc(CC(F)(F)F)cc3)CN(C(=O)N3CCS(=O)(=O)CC3)C2)n1. The molecule has 0 radical (unpaired) electrons. The van der Waals surface area contributed by atoms with Gasteiger partial charge in [-0.05, 0) is 17.5 Å². The third-order valence-electron chi connectivity index (χ3n) is 6.55. The van der Waals surface area contributed by atoms with E-state index in [-0.39, 0.29) is 48.0 Å². The molecule has 0 spiro atoms. The molecule has 2 aromatic rings. The summed E-state index contributed by atoms with van der Waals surface area (Å²) in [5.41, 5.74) is 0.976. The zero-order valence-electron chi connectivity index (χ0n) is 19.9. The molecule has 13 heteroatoms. The third kappa shape index (κ3) is 6.75. The van der Waals surface area contributed by atoms with Gasteiger partial charge in [0.05, 0.1) is 30.5 Å². The van der Waals surface area contributed by atoms with E-state index in [1.54, 1.807) is 24.1 Å². The largest absolute Gasteiger partial charge is 0.393 e. The number of rotatable bonds is 6. The number of alkyl halides is 3. The highest BCUT2D eigenvalue weighted by atomic mass is 32.2. The van der Waals surface area contributed by atoms with Gasteiger partial charge in [0, 0.05) is 45.6 Å². The Kier molecular flexibility index (Phi) is 7.88. The van der Waals surface area contributed by atoms with Crippen molar-refractivity contribution in [2.75, 3.05) is 51.4 Å². The number of hydrogen-bond acceptors (Lipinski definition) is 7. The van der Waals surface area contributed by atoms with E-state index in [0.29, 0.717) is 44.3 Å². The summed E-state index contributed by atoms with van der Waals surface area (Å²) in [6, 6.07) is 5.99. The van der Waals surface area contributed by atoms with E-state index >= 15 is 0 Å². The van der Waals surface area contributed by atoms with Crippen LogP contribution in [0, 0.1) is 0 Å². The molecule has 3 heterocycles. The minimum atomic E-state index is -4.29. The number of halogens is 3. The Morgan fingerprint density at radius 2 is 1.78 bits per heavy atom. The average Bonchev–Trinajstić information content (AvgIpc) is 3.31. The van der Waals surface area contributed by atoms with Crippen molar-refractivity contribution >= 4 is 15.9 Å². The van der Waals surface area contributed by atoms with E-state index in [2.05, 4.69) is 10.1 Å². The van der Waals surface area contributed by atoms with E-state index in [1.807, 2.05) is 0 Å². The first-order chi connectivity index (χ1) is 17.0. The lowest BCUT2D eigenvalue weighted by atomic mass is 9.84.